The number of fused-ring (bicyclic) bond motifs is 3. The number of aromatic nitrogens is 1. The van der Waals surface area contributed by atoms with Gasteiger partial charge in [-0.25, -0.2) is 4.98 Å². The van der Waals surface area contributed by atoms with Crippen molar-refractivity contribution in [1.82, 2.24) is 14.8 Å². The average molecular weight is 514 g/mol. The Hall–Kier alpha value is -3.85. The lowest BCUT2D eigenvalue weighted by Gasteiger charge is -2.42. The summed E-state index contributed by atoms with van der Waals surface area (Å²) in [7, 11) is 2.14. The molecule has 0 spiro atoms. The maximum atomic E-state index is 5.45. The van der Waals surface area contributed by atoms with Crippen molar-refractivity contribution in [2.75, 3.05) is 13.7 Å². The van der Waals surface area contributed by atoms with Crippen molar-refractivity contribution >= 4 is 0 Å². The van der Waals surface area contributed by atoms with Crippen molar-refractivity contribution in [1.29, 1.82) is 0 Å². The number of benzene rings is 3. The highest BCUT2D eigenvalue weighted by Crippen LogP contribution is 2.56. The van der Waals surface area contributed by atoms with Crippen LogP contribution in [0.5, 0.6) is 0 Å². The molecule has 0 unspecified atom stereocenters. The van der Waals surface area contributed by atoms with Gasteiger partial charge in [0.2, 0.25) is 0 Å². The molecule has 0 amide bonds. The summed E-state index contributed by atoms with van der Waals surface area (Å²) in [6.45, 7) is 14.6. The van der Waals surface area contributed by atoms with E-state index in [0.717, 1.165) is 23.6 Å². The van der Waals surface area contributed by atoms with Crippen LogP contribution in [0.4, 0.5) is 0 Å². The van der Waals surface area contributed by atoms with Crippen molar-refractivity contribution in [2.45, 2.75) is 57.9 Å². The van der Waals surface area contributed by atoms with Crippen LogP contribution in [-0.4, -0.2) is 28.5 Å². The van der Waals surface area contributed by atoms with Gasteiger partial charge in [0.1, 0.15) is 5.54 Å². The Morgan fingerprint density at radius 2 is 1.26 bits per heavy atom. The SMILES string of the molecule is CN1C=CN(C2(c3cccc(-c4ccccc4)n3)c3cc(C(C)(C)C)ccc3-c3ccc(C(C)(C)C)cc32)C1. The van der Waals surface area contributed by atoms with Gasteiger partial charge in [-0.1, -0.05) is 114 Å². The topological polar surface area (TPSA) is 19.4 Å². The second-order valence-electron chi connectivity index (χ2n) is 13.2. The Labute approximate surface area is 233 Å². The molecule has 3 nitrogen and oxygen atoms in total. The van der Waals surface area contributed by atoms with E-state index in [-0.39, 0.29) is 10.8 Å². The Balaban J connectivity index is 1.72. The van der Waals surface area contributed by atoms with E-state index in [1.54, 1.807) is 0 Å². The monoisotopic (exact) mass is 513 g/mol. The zero-order valence-electron chi connectivity index (χ0n) is 24.3. The van der Waals surface area contributed by atoms with Gasteiger partial charge in [0.15, 0.2) is 0 Å². The fraction of sp³-hybridized carbons (Fsp3) is 0.306. The van der Waals surface area contributed by atoms with Crippen molar-refractivity contribution in [3.05, 3.63) is 125 Å². The van der Waals surface area contributed by atoms with E-state index in [1.807, 2.05) is 0 Å². The molecule has 2 aliphatic rings. The van der Waals surface area contributed by atoms with Gasteiger partial charge in [0.05, 0.1) is 18.1 Å². The molecule has 0 saturated carbocycles. The Bertz CT molecular complexity index is 1500. The molecule has 1 aromatic heterocycles. The Kier molecular flexibility index (Phi) is 5.77. The van der Waals surface area contributed by atoms with Gasteiger partial charge in [-0.15, -0.1) is 0 Å². The summed E-state index contributed by atoms with van der Waals surface area (Å²) < 4.78 is 0. The molecular weight excluding hydrogens is 474 g/mol. The van der Waals surface area contributed by atoms with Crippen LogP contribution in [-0.2, 0) is 16.4 Å². The maximum absolute atomic E-state index is 5.45. The molecule has 0 fully saturated rings. The first-order valence-corrected chi connectivity index (χ1v) is 14.0. The van der Waals surface area contributed by atoms with Crippen molar-refractivity contribution in [3.63, 3.8) is 0 Å². The second-order valence-corrected chi connectivity index (χ2v) is 13.2. The van der Waals surface area contributed by atoms with Crippen LogP contribution in [0.25, 0.3) is 22.4 Å². The molecule has 2 heterocycles. The number of hydrogen-bond donors (Lipinski definition) is 0. The molecule has 1 aliphatic carbocycles. The summed E-state index contributed by atoms with van der Waals surface area (Å²) in [4.78, 5) is 10.2. The molecule has 3 aromatic carbocycles. The van der Waals surface area contributed by atoms with E-state index in [4.69, 9.17) is 4.98 Å². The van der Waals surface area contributed by atoms with Gasteiger partial charge in [-0.05, 0) is 56.3 Å². The average Bonchev–Trinajstić information content (AvgIpc) is 3.47. The van der Waals surface area contributed by atoms with Gasteiger partial charge < -0.3 is 9.80 Å². The van der Waals surface area contributed by atoms with Crippen molar-refractivity contribution in [2.24, 2.45) is 0 Å². The molecule has 4 aromatic rings. The first-order valence-electron chi connectivity index (χ1n) is 14.0. The van der Waals surface area contributed by atoms with Crippen LogP contribution < -0.4 is 0 Å². The largest absolute Gasteiger partial charge is 0.362 e. The molecule has 39 heavy (non-hydrogen) atoms. The molecule has 0 radical (unpaired) electrons. The quantitative estimate of drug-likeness (QED) is 0.275. The molecule has 0 atom stereocenters. The second kappa shape index (κ2) is 8.84. The Morgan fingerprint density at radius 1 is 0.667 bits per heavy atom. The summed E-state index contributed by atoms with van der Waals surface area (Å²) in [5.74, 6) is 0. The fourth-order valence-corrected chi connectivity index (χ4v) is 6.12. The van der Waals surface area contributed by atoms with Crippen LogP contribution in [0.3, 0.4) is 0 Å². The molecule has 3 heteroatoms. The number of rotatable bonds is 3. The fourth-order valence-electron chi connectivity index (χ4n) is 6.12. The predicted molar refractivity (Wildman–Crippen MR) is 162 cm³/mol. The summed E-state index contributed by atoms with van der Waals surface area (Å²) >= 11 is 0. The van der Waals surface area contributed by atoms with E-state index < -0.39 is 5.54 Å². The van der Waals surface area contributed by atoms with Gasteiger partial charge in [-0.2, -0.15) is 0 Å². The minimum Gasteiger partial charge on any atom is -0.362 e. The lowest BCUT2D eigenvalue weighted by molar-refractivity contribution is 0.194. The molecule has 6 rings (SSSR count). The van der Waals surface area contributed by atoms with E-state index in [2.05, 4.69) is 156 Å². The predicted octanol–water partition coefficient (Wildman–Crippen LogP) is 8.29. The standard InChI is InChI=1S/C36H39N3/c1-34(2,3)26-16-18-28-29-19-17-27(35(4,5)6)23-31(29)36(30(28)22-26,39-21-20-38(7)24-39)33-15-11-14-32(37-33)25-12-9-8-10-13-25/h8-23H,24H2,1-7H3. The highest BCUT2D eigenvalue weighted by Gasteiger charge is 2.51. The third-order valence-electron chi connectivity index (χ3n) is 8.34. The van der Waals surface area contributed by atoms with Gasteiger partial charge in [-0.3, -0.25) is 0 Å². The van der Waals surface area contributed by atoms with Gasteiger partial charge >= 0.3 is 0 Å². The van der Waals surface area contributed by atoms with Crippen LogP contribution >= 0.6 is 0 Å². The van der Waals surface area contributed by atoms with Gasteiger partial charge in [0.25, 0.3) is 0 Å². The van der Waals surface area contributed by atoms with Crippen LogP contribution in [0.2, 0.25) is 0 Å². The zero-order valence-corrected chi connectivity index (χ0v) is 24.3. The minimum atomic E-state index is -0.556. The summed E-state index contributed by atoms with van der Waals surface area (Å²) in [5, 5.41) is 0. The number of hydrogen-bond acceptors (Lipinski definition) is 3. The number of nitrogens with zero attached hydrogens (tertiary/aromatic N) is 3. The first-order chi connectivity index (χ1) is 18.5. The third-order valence-corrected chi connectivity index (χ3v) is 8.34. The molecule has 1 aliphatic heterocycles. The molecule has 0 bridgehead atoms. The maximum Gasteiger partial charge on any atom is 0.136 e. The van der Waals surface area contributed by atoms with Crippen LogP contribution in [0.1, 0.15) is 69.5 Å². The lowest BCUT2D eigenvalue weighted by atomic mass is 9.77. The molecule has 0 saturated heterocycles. The molecule has 198 valence electrons. The van der Waals surface area contributed by atoms with E-state index in [9.17, 15) is 0 Å². The molecular formula is C36H39N3. The third kappa shape index (κ3) is 4.07. The smallest absolute Gasteiger partial charge is 0.136 e. The van der Waals surface area contributed by atoms with Crippen molar-refractivity contribution in [3.8, 4) is 22.4 Å². The Morgan fingerprint density at radius 3 is 1.77 bits per heavy atom. The molecule has 0 N–H and O–H groups in total. The van der Waals surface area contributed by atoms with E-state index >= 15 is 0 Å². The number of pyridine rings is 1. The highest BCUT2D eigenvalue weighted by atomic mass is 15.4. The van der Waals surface area contributed by atoms with Crippen molar-refractivity contribution < 1.29 is 0 Å². The minimum absolute atomic E-state index is 0.0308. The van der Waals surface area contributed by atoms with Crippen LogP contribution in [0.15, 0.2) is 97.3 Å². The highest BCUT2D eigenvalue weighted by molar-refractivity contribution is 5.84. The van der Waals surface area contributed by atoms with Gasteiger partial charge in [0, 0.05) is 25.0 Å². The van der Waals surface area contributed by atoms with E-state index in [1.165, 1.54) is 33.4 Å². The normalized spacial score (nSPS) is 16.0. The summed E-state index contributed by atoms with van der Waals surface area (Å²) in [6, 6.07) is 31.3. The first kappa shape index (κ1) is 25.4. The summed E-state index contributed by atoms with van der Waals surface area (Å²) in [5.41, 5.74) is 10.6. The summed E-state index contributed by atoms with van der Waals surface area (Å²) in [6.07, 6.45) is 4.44. The lowest BCUT2D eigenvalue weighted by Crippen LogP contribution is -2.45. The van der Waals surface area contributed by atoms with E-state index in [0.29, 0.717) is 0 Å². The van der Waals surface area contributed by atoms with Crippen LogP contribution in [0, 0.1) is 0 Å². The zero-order chi connectivity index (χ0) is 27.6.